The Bertz CT molecular complexity index is 1300. The molecular weight excluding hydrogens is 457 g/mol. The third-order valence-corrected chi connectivity index (χ3v) is 6.06. The van der Waals surface area contributed by atoms with Gasteiger partial charge in [-0.25, -0.2) is 10.4 Å². The van der Waals surface area contributed by atoms with E-state index in [1.54, 1.807) is 18.3 Å². The zero-order valence-corrected chi connectivity index (χ0v) is 18.9. The lowest BCUT2D eigenvalue weighted by Crippen LogP contribution is -2.54. The Balaban J connectivity index is 1.35. The van der Waals surface area contributed by atoms with E-state index in [2.05, 4.69) is 15.7 Å². The van der Waals surface area contributed by atoms with Gasteiger partial charge in [-0.05, 0) is 65.9 Å². The maximum absolute atomic E-state index is 13.0. The third-order valence-electron chi connectivity index (χ3n) is 6.06. The van der Waals surface area contributed by atoms with Crippen molar-refractivity contribution in [3.8, 4) is 11.5 Å². The van der Waals surface area contributed by atoms with E-state index < -0.39 is 17.6 Å². The average molecular weight is 480 g/mol. The first-order valence-corrected chi connectivity index (χ1v) is 11.2. The second kappa shape index (κ2) is 9.07. The first-order valence-electron chi connectivity index (χ1n) is 11.2. The van der Waals surface area contributed by atoms with Crippen LogP contribution < -0.4 is 20.5 Å². The molecule has 0 spiro atoms. The number of hydrazine groups is 1. The number of carbonyl (C=O) groups is 1. The van der Waals surface area contributed by atoms with Gasteiger partial charge in [-0.1, -0.05) is 19.1 Å². The van der Waals surface area contributed by atoms with Gasteiger partial charge in [0.1, 0.15) is 17.3 Å². The molecule has 1 aliphatic carbocycles. The highest BCUT2D eigenvalue weighted by Gasteiger charge is 2.31. The van der Waals surface area contributed by atoms with Crippen molar-refractivity contribution >= 4 is 23.5 Å². The molecule has 9 heteroatoms. The maximum atomic E-state index is 13.0. The highest BCUT2D eigenvalue weighted by Crippen LogP contribution is 2.34. The molecule has 1 saturated heterocycles. The van der Waals surface area contributed by atoms with E-state index in [9.17, 15) is 18.0 Å². The molecule has 2 N–H and O–H groups in total. The molecule has 180 valence electrons. The smallest absolute Gasteiger partial charge is 0.416 e. The van der Waals surface area contributed by atoms with E-state index in [-0.39, 0.29) is 11.6 Å². The summed E-state index contributed by atoms with van der Waals surface area (Å²) in [7, 11) is 0. The Morgan fingerprint density at radius 3 is 2.69 bits per heavy atom. The number of nitrogens with zero attached hydrogens (tertiary/aromatic N) is 2. The Hall–Kier alpha value is -3.85. The van der Waals surface area contributed by atoms with Crippen LogP contribution in [0, 0.1) is 5.92 Å². The van der Waals surface area contributed by atoms with E-state index in [4.69, 9.17) is 4.74 Å². The summed E-state index contributed by atoms with van der Waals surface area (Å²) in [4.78, 5) is 17.3. The van der Waals surface area contributed by atoms with Gasteiger partial charge in [-0.2, -0.15) is 13.2 Å². The van der Waals surface area contributed by atoms with Crippen molar-refractivity contribution in [2.24, 2.45) is 5.92 Å². The lowest BCUT2D eigenvalue weighted by Gasteiger charge is -2.33. The Morgan fingerprint density at radius 2 is 1.94 bits per heavy atom. The van der Waals surface area contributed by atoms with Gasteiger partial charge in [0.15, 0.2) is 0 Å². The SMILES string of the molecule is CC1Cc2ccc(Oc3ccnc(N4CCN4)c3)cc2C=C1C(=O)Nc1cccc(C(F)(F)F)c1. The molecule has 1 amide bonds. The van der Waals surface area contributed by atoms with Crippen LogP contribution in [0.25, 0.3) is 6.08 Å². The van der Waals surface area contributed by atoms with Crippen molar-refractivity contribution < 1.29 is 22.7 Å². The monoisotopic (exact) mass is 480 g/mol. The number of pyridine rings is 1. The van der Waals surface area contributed by atoms with Gasteiger partial charge in [0.2, 0.25) is 0 Å². The van der Waals surface area contributed by atoms with Crippen LogP contribution in [0.3, 0.4) is 0 Å². The van der Waals surface area contributed by atoms with Gasteiger partial charge in [0, 0.05) is 30.1 Å². The number of aromatic nitrogens is 1. The number of hydrogen-bond donors (Lipinski definition) is 2. The van der Waals surface area contributed by atoms with Crippen molar-refractivity contribution in [2.75, 3.05) is 23.4 Å². The highest BCUT2D eigenvalue weighted by atomic mass is 19.4. The van der Waals surface area contributed by atoms with Crippen LogP contribution in [0.2, 0.25) is 0 Å². The fourth-order valence-electron chi connectivity index (χ4n) is 4.14. The van der Waals surface area contributed by atoms with Crippen molar-refractivity contribution in [3.05, 3.63) is 83.1 Å². The van der Waals surface area contributed by atoms with Crippen LogP contribution in [0.15, 0.2) is 66.4 Å². The molecular formula is C26H23F3N4O2. The second-order valence-corrected chi connectivity index (χ2v) is 8.61. The molecule has 2 heterocycles. The van der Waals surface area contributed by atoms with Crippen LogP contribution >= 0.6 is 0 Å². The van der Waals surface area contributed by atoms with Crippen LogP contribution in [-0.4, -0.2) is 24.0 Å². The number of rotatable bonds is 5. The summed E-state index contributed by atoms with van der Waals surface area (Å²) in [6.07, 6.45) is -0.380. The molecule has 0 saturated carbocycles. The first kappa shape index (κ1) is 22.9. The number of alkyl halides is 3. The minimum atomic E-state index is -4.48. The predicted molar refractivity (Wildman–Crippen MR) is 127 cm³/mol. The Labute approximate surface area is 200 Å². The van der Waals surface area contributed by atoms with Gasteiger partial charge >= 0.3 is 6.18 Å². The Kier molecular flexibility index (Phi) is 5.94. The molecule has 0 radical (unpaired) electrons. The number of anilines is 2. The lowest BCUT2D eigenvalue weighted by molar-refractivity contribution is -0.137. The molecule has 0 bridgehead atoms. The molecule has 1 fully saturated rings. The summed E-state index contributed by atoms with van der Waals surface area (Å²) in [6, 6.07) is 14.0. The molecule has 1 atom stereocenters. The summed E-state index contributed by atoms with van der Waals surface area (Å²) in [5.74, 6) is 1.51. The minimum Gasteiger partial charge on any atom is -0.457 e. The summed E-state index contributed by atoms with van der Waals surface area (Å²) in [6.45, 7) is 3.71. The van der Waals surface area contributed by atoms with E-state index in [1.807, 2.05) is 36.2 Å². The number of ether oxygens (including phenoxy) is 1. The molecule has 1 unspecified atom stereocenters. The summed E-state index contributed by atoms with van der Waals surface area (Å²) < 4.78 is 45.1. The van der Waals surface area contributed by atoms with Gasteiger partial charge in [-0.15, -0.1) is 0 Å². The zero-order valence-electron chi connectivity index (χ0n) is 18.9. The van der Waals surface area contributed by atoms with Crippen molar-refractivity contribution in [1.29, 1.82) is 0 Å². The second-order valence-electron chi connectivity index (χ2n) is 8.61. The van der Waals surface area contributed by atoms with Crippen LogP contribution in [0.1, 0.15) is 23.6 Å². The van der Waals surface area contributed by atoms with Crippen LogP contribution in [-0.2, 0) is 17.4 Å². The zero-order chi connectivity index (χ0) is 24.6. The summed E-state index contributed by atoms with van der Waals surface area (Å²) in [5, 5.41) is 4.54. The number of fused-ring (bicyclic) bond motifs is 1. The number of carbonyl (C=O) groups excluding carboxylic acids is 1. The van der Waals surface area contributed by atoms with Crippen molar-refractivity contribution in [1.82, 2.24) is 10.4 Å². The normalized spacial score (nSPS) is 17.2. The third kappa shape index (κ3) is 5.00. The minimum absolute atomic E-state index is 0.0909. The number of halogens is 3. The van der Waals surface area contributed by atoms with E-state index in [1.165, 1.54) is 12.1 Å². The number of amides is 1. The molecule has 35 heavy (non-hydrogen) atoms. The quantitative estimate of drug-likeness (QED) is 0.510. The lowest BCUT2D eigenvalue weighted by atomic mass is 9.84. The molecule has 6 nitrogen and oxygen atoms in total. The molecule has 3 aromatic rings. The maximum Gasteiger partial charge on any atom is 0.416 e. The van der Waals surface area contributed by atoms with E-state index in [0.717, 1.165) is 42.2 Å². The van der Waals surface area contributed by atoms with Gasteiger partial charge in [0.25, 0.3) is 5.91 Å². The predicted octanol–water partition coefficient (Wildman–Crippen LogP) is 5.43. The standard InChI is InChI=1S/C26H23F3N4O2/c1-16-11-17-5-6-21(35-22-7-8-30-24(15-22)33-10-9-31-33)12-18(17)13-23(16)25(34)32-20-4-2-3-19(14-20)26(27,28)29/h2-8,12-16,31H,9-11H2,1H3,(H,32,34). The van der Waals surface area contributed by atoms with Gasteiger partial charge in [-0.3, -0.25) is 9.80 Å². The average Bonchev–Trinajstić information content (AvgIpc) is 2.77. The molecule has 1 aliphatic heterocycles. The fourth-order valence-corrected chi connectivity index (χ4v) is 4.14. The van der Waals surface area contributed by atoms with Crippen molar-refractivity contribution in [2.45, 2.75) is 19.5 Å². The fraction of sp³-hybridized carbons (Fsp3) is 0.231. The highest BCUT2D eigenvalue weighted by molar-refractivity contribution is 6.07. The number of hydrogen-bond acceptors (Lipinski definition) is 5. The first-order chi connectivity index (χ1) is 16.8. The molecule has 2 aromatic carbocycles. The molecule has 2 aliphatic rings. The van der Waals surface area contributed by atoms with Crippen LogP contribution in [0.5, 0.6) is 11.5 Å². The Morgan fingerprint density at radius 1 is 1.14 bits per heavy atom. The molecule has 5 rings (SSSR count). The van der Waals surface area contributed by atoms with Gasteiger partial charge < -0.3 is 10.1 Å². The largest absolute Gasteiger partial charge is 0.457 e. The topological polar surface area (TPSA) is 66.5 Å². The van der Waals surface area contributed by atoms with E-state index in [0.29, 0.717) is 23.5 Å². The molecule has 1 aromatic heterocycles. The van der Waals surface area contributed by atoms with E-state index >= 15 is 0 Å². The van der Waals surface area contributed by atoms with Crippen LogP contribution in [0.4, 0.5) is 24.7 Å². The summed E-state index contributed by atoms with van der Waals surface area (Å²) >= 11 is 0. The number of benzene rings is 2. The number of nitrogens with one attached hydrogen (secondary N) is 2. The van der Waals surface area contributed by atoms with Crippen molar-refractivity contribution in [3.63, 3.8) is 0 Å². The summed E-state index contributed by atoms with van der Waals surface area (Å²) in [5.41, 5.74) is 4.86. The van der Waals surface area contributed by atoms with Gasteiger partial charge in [0.05, 0.1) is 12.1 Å².